The fourth-order valence-electron chi connectivity index (χ4n) is 4.70. The number of pyridine rings is 1. The van der Waals surface area contributed by atoms with Crippen LogP contribution < -0.4 is 16.0 Å². The number of ether oxygens (including phenoxy) is 1. The molecule has 0 N–H and O–H groups in total. The largest absolute Gasteiger partial charge is 0.491 e. The van der Waals surface area contributed by atoms with E-state index in [9.17, 15) is 14.9 Å². The molecule has 0 fully saturated rings. The number of thiophene rings is 1. The number of aromatic nitrogens is 5. The molecule has 1 aromatic carbocycles. The number of fused-ring (bicyclic) bond motifs is 3. The lowest BCUT2D eigenvalue weighted by Gasteiger charge is -2.12. The minimum absolute atomic E-state index is 0.0947. The van der Waals surface area contributed by atoms with Crippen LogP contribution in [0.4, 0.5) is 0 Å². The van der Waals surface area contributed by atoms with E-state index >= 15 is 0 Å². The fourth-order valence-corrected chi connectivity index (χ4v) is 6.60. The van der Waals surface area contributed by atoms with Gasteiger partial charge in [-0.25, -0.2) is 9.36 Å². The summed E-state index contributed by atoms with van der Waals surface area (Å²) in [5.41, 5.74) is 1.93. The van der Waals surface area contributed by atoms with Gasteiger partial charge in [-0.15, -0.1) is 11.3 Å². The Morgan fingerprint density at radius 3 is 2.83 bits per heavy atom. The molecule has 36 heavy (non-hydrogen) atoms. The maximum absolute atomic E-state index is 13.8. The van der Waals surface area contributed by atoms with Crippen LogP contribution in [-0.2, 0) is 20.0 Å². The van der Waals surface area contributed by atoms with Crippen LogP contribution in [0.2, 0.25) is 10.0 Å². The summed E-state index contributed by atoms with van der Waals surface area (Å²) in [6.45, 7) is 0.599. The number of aryl methyl sites for hydroxylation is 2. The molecular formula is C24H16Cl2N6O3S. The molecule has 5 aromatic rings. The molecule has 0 unspecified atom stereocenters. The molecule has 6 rings (SSSR count). The van der Waals surface area contributed by atoms with Crippen molar-refractivity contribution in [3.63, 3.8) is 0 Å². The van der Waals surface area contributed by atoms with E-state index in [0.717, 1.165) is 15.7 Å². The van der Waals surface area contributed by atoms with Gasteiger partial charge in [0, 0.05) is 47.6 Å². The van der Waals surface area contributed by atoms with Crippen LogP contribution in [0.3, 0.4) is 0 Å². The Kier molecular flexibility index (Phi) is 5.37. The molecule has 0 saturated heterocycles. The maximum atomic E-state index is 13.8. The summed E-state index contributed by atoms with van der Waals surface area (Å²) in [6.07, 6.45) is 5.44. The molecule has 1 aliphatic rings. The van der Waals surface area contributed by atoms with Crippen molar-refractivity contribution < 1.29 is 4.74 Å². The summed E-state index contributed by atoms with van der Waals surface area (Å²) < 4.78 is 10.2. The highest BCUT2D eigenvalue weighted by molar-refractivity contribution is 7.22. The van der Waals surface area contributed by atoms with Crippen molar-refractivity contribution in [2.45, 2.75) is 19.4 Å². The number of rotatable bonds is 4. The predicted molar refractivity (Wildman–Crippen MR) is 139 cm³/mol. The van der Waals surface area contributed by atoms with Crippen molar-refractivity contribution in [2.75, 3.05) is 6.61 Å². The number of nitriles is 1. The Hall–Kier alpha value is -3.65. The smallest absolute Gasteiger partial charge is 0.336 e. The molecule has 0 aliphatic carbocycles. The van der Waals surface area contributed by atoms with Gasteiger partial charge < -0.3 is 4.74 Å². The molecule has 5 heterocycles. The van der Waals surface area contributed by atoms with Crippen molar-refractivity contribution in [2.24, 2.45) is 7.05 Å². The Labute approximate surface area is 217 Å². The first-order valence-electron chi connectivity index (χ1n) is 11.0. The van der Waals surface area contributed by atoms with Crippen molar-refractivity contribution in [1.29, 1.82) is 5.26 Å². The van der Waals surface area contributed by atoms with Gasteiger partial charge in [0.2, 0.25) is 0 Å². The maximum Gasteiger partial charge on any atom is 0.336 e. The Bertz CT molecular complexity index is 1880. The SMILES string of the molecule is Cn1ncc2cncc(-n3c(=O)c4sc(-c5c(Cl)cc(Cl)c6c5CCO6)cc4n(CCC#N)c3=O)c21. The topological polar surface area (TPSA) is 108 Å². The van der Waals surface area contributed by atoms with E-state index < -0.39 is 11.2 Å². The van der Waals surface area contributed by atoms with Gasteiger partial charge in [-0.05, 0) is 12.1 Å². The normalized spacial score (nSPS) is 12.7. The van der Waals surface area contributed by atoms with Crippen molar-refractivity contribution in [3.8, 4) is 27.9 Å². The summed E-state index contributed by atoms with van der Waals surface area (Å²) in [5.74, 6) is 0.585. The average molecular weight is 539 g/mol. The number of benzene rings is 1. The van der Waals surface area contributed by atoms with E-state index in [2.05, 4.69) is 16.2 Å². The number of nitrogens with zero attached hydrogens (tertiary/aromatic N) is 6. The van der Waals surface area contributed by atoms with Crippen molar-refractivity contribution >= 4 is 55.7 Å². The summed E-state index contributed by atoms with van der Waals surface area (Å²) >= 11 is 14.2. The fraction of sp³-hybridized carbons (Fsp3) is 0.208. The van der Waals surface area contributed by atoms with E-state index in [1.54, 1.807) is 36.3 Å². The standard InChI is InChI=1S/C24H16Cl2N6O3S/c1-30-20-12(10-29-30)9-28-11-17(20)32-23(33)22-16(31(24(32)34)5-2-4-27)8-18(36-22)19-13-3-6-35-21(13)15(26)7-14(19)25/h7-11H,2-3,5-6H2,1H3. The third-order valence-electron chi connectivity index (χ3n) is 6.26. The van der Waals surface area contributed by atoms with Crippen molar-refractivity contribution in [3.05, 3.63) is 67.2 Å². The Morgan fingerprint density at radius 1 is 1.19 bits per heavy atom. The van der Waals surface area contributed by atoms with Gasteiger partial charge in [-0.2, -0.15) is 10.4 Å². The zero-order chi connectivity index (χ0) is 25.1. The first kappa shape index (κ1) is 22.8. The van der Waals surface area contributed by atoms with Crippen molar-refractivity contribution in [1.82, 2.24) is 23.9 Å². The summed E-state index contributed by atoms with van der Waals surface area (Å²) in [6, 6.07) is 5.49. The molecule has 12 heteroatoms. The molecule has 0 amide bonds. The van der Waals surface area contributed by atoms with Crippen LogP contribution >= 0.6 is 34.5 Å². The lowest BCUT2D eigenvalue weighted by Crippen LogP contribution is -2.38. The van der Waals surface area contributed by atoms with Crippen LogP contribution in [-0.4, -0.2) is 30.5 Å². The first-order chi connectivity index (χ1) is 17.4. The highest BCUT2D eigenvalue weighted by Gasteiger charge is 2.26. The molecule has 0 spiro atoms. The Morgan fingerprint density at radius 2 is 2.03 bits per heavy atom. The van der Waals surface area contributed by atoms with Gasteiger partial charge in [0.15, 0.2) is 0 Å². The molecule has 1 aliphatic heterocycles. The molecule has 0 saturated carbocycles. The van der Waals surface area contributed by atoms with Gasteiger partial charge in [0.05, 0.1) is 58.3 Å². The quantitative estimate of drug-likeness (QED) is 0.337. The third kappa shape index (κ3) is 3.27. The molecule has 180 valence electrons. The number of halogens is 2. The molecule has 4 aromatic heterocycles. The molecular weight excluding hydrogens is 523 g/mol. The van der Waals surface area contributed by atoms with E-state index in [1.807, 2.05) is 0 Å². The lowest BCUT2D eigenvalue weighted by molar-refractivity contribution is 0.357. The van der Waals surface area contributed by atoms with Gasteiger partial charge >= 0.3 is 5.69 Å². The van der Waals surface area contributed by atoms with Crippen LogP contribution in [0, 0.1) is 11.3 Å². The van der Waals surface area contributed by atoms with Crippen LogP contribution in [0.5, 0.6) is 5.75 Å². The van der Waals surface area contributed by atoms with Gasteiger partial charge in [-0.1, -0.05) is 23.2 Å². The minimum Gasteiger partial charge on any atom is -0.491 e. The highest BCUT2D eigenvalue weighted by Crippen LogP contribution is 2.46. The van der Waals surface area contributed by atoms with Crippen LogP contribution in [0.25, 0.3) is 37.2 Å². The second kappa shape index (κ2) is 8.48. The van der Waals surface area contributed by atoms with Gasteiger partial charge in [-0.3, -0.25) is 19.0 Å². The summed E-state index contributed by atoms with van der Waals surface area (Å²) in [7, 11) is 1.73. The molecule has 9 nitrogen and oxygen atoms in total. The predicted octanol–water partition coefficient (Wildman–Crippen LogP) is 4.32. The van der Waals surface area contributed by atoms with Gasteiger partial charge in [0.1, 0.15) is 10.4 Å². The second-order valence-corrected chi connectivity index (χ2v) is 10.2. The Balaban J connectivity index is 1.69. The lowest BCUT2D eigenvalue weighted by atomic mass is 10.0. The second-order valence-electron chi connectivity index (χ2n) is 8.29. The van der Waals surface area contributed by atoms with E-state index in [-0.39, 0.29) is 13.0 Å². The van der Waals surface area contributed by atoms with E-state index in [4.69, 9.17) is 27.9 Å². The number of hydrogen-bond donors (Lipinski definition) is 0. The first-order valence-corrected chi connectivity index (χ1v) is 12.5. The zero-order valence-corrected chi connectivity index (χ0v) is 21.1. The number of hydrogen-bond acceptors (Lipinski definition) is 7. The average Bonchev–Trinajstić information content (AvgIpc) is 3.59. The third-order valence-corrected chi connectivity index (χ3v) is 7.97. The summed E-state index contributed by atoms with van der Waals surface area (Å²) in [4.78, 5) is 32.5. The van der Waals surface area contributed by atoms with Crippen LogP contribution in [0.15, 0.2) is 40.3 Å². The van der Waals surface area contributed by atoms with Crippen LogP contribution in [0.1, 0.15) is 12.0 Å². The zero-order valence-electron chi connectivity index (χ0n) is 18.8. The molecule has 0 radical (unpaired) electrons. The minimum atomic E-state index is -0.557. The monoisotopic (exact) mass is 538 g/mol. The summed E-state index contributed by atoms with van der Waals surface area (Å²) in [5, 5.41) is 15.0. The highest BCUT2D eigenvalue weighted by atomic mass is 35.5. The molecule has 0 atom stereocenters. The van der Waals surface area contributed by atoms with E-state index in [0.29, 0.717) is 60.5 Å². The van der Waals surface area contributed by atoms with E-state index in [1.165, 1.54) is 22.1 Å². The molecule has 0 bridgehead atoms. The van der Waals surface area contributed by atoms with Gasteiger partial charge in [0.25, 0.3) is 5.56 Å².